The molecule has 0 spiro atoms. The maximum Gasteiger partial charge on any atom is 0.274 e. The topological polar surface area (TPSA) is 30.9 Å². The molecule has 0 radical (unpaired) electrons. The van der Waals surface area contributed by atoms with Crippen molar-refractivity contribution in [1.82, 2.24) is 4.57 Å². The molecule has 1 aromatic heterocycles. The van der Waals surface area contributed by atoms with Crippen molar-refractivity contribution in [2.45, 2.75) is 12.3 Å². The third-order valence-corrected chi connectivity index (χ3v) is 2.77. The van der Waals surface area contributed by atoms with Crippen LogP contribution < -0.4 is 5.73 Å². The van der Waals surface area contributed by atoms with Crippen molar-refractivity contribution in [3.05, 3.63) is 36.0 Å². The summed E-state index contributed by atoms with van der Waals surface area (Å²) in [5, 5.41) is 0.967. The van der Waals surface area contributed by atoms with Crippen molar-refractivity contribution in [2.75, 3.05) is 6.54 Å². The maximum absolute atomic E-state index is 13.6. The first-order chi connectivity index (χ1) is 7.54. The van der Waals surface area contributed by atoms with E-state index in [0.717, 1.165) is 10.9 Å². The number of fused-ring (bicyclic) bond motifs is 1. The summed E-state index contributed by atoms with van der Waals surface area (Å²) < 4.78 is 29.1. The molecule has 0 bridgehead atoms. The Morgan fingerprint density at radius 2 is 2.06 bits per heavy atom. The minimum Gasteiger partial charge on any atom is -0.351 e. The second-order valence-electron chi connectivity index (χ2n) is 3.94. The number of halogens is 2. The normalized spacial score (nSPS) is 12.2. The average Bonchev–Trinajstić information content (AvgIpc) is 2.60. The van der Waals surface area contributed by atoms with Crippen molar-refractivity contribution in [1.29, 1.82) is 0 Å². The molecule has 0 amide bonds. The van der Waals surface area contributed by atoms with Crippen LogP contribution in [0.15, 0.2) is 30.5 Å². The Bertz CT molecular complexity index is 503. The Kier molecular flexibility index (Phi) is 2.68. The molecule has 0 aliphatic heterocycles. The van der Waals surface area contributed by atoms with Gasteiger partial charge in [0.05, 0.1) is 0 Å². The molecule has 2 rings (SSSR count). The average molecular weight is 224 g/mol. The molecule has 0 aliphatic carbocycles. The summed E-state index contributed by atoms with van der Waals surface area (Å²) in [6, 6.07) is 6.62. The molecule has 1 aromatic carbocycles. The van der Waals surface area contributed by atoms with Crippen LogP contribution in [-0.2, 0) is 13.0 Å². The number of rotatable bonds is 3. The number of nitrogens with two attached hydrogens (primary N) is 1. The second kappa shape index (κ2) is 3.87. The van der Waals surface area contributed by atoms with Gasteiger partial charge in [0.15, 0.2) is 0 Å². The van der Waals surface area contributed by atoms with Crippen LogP contribution in [0.4, 0.5) is 8.78 Å². The molecule has 2 aromatic rings. The number of alkyl halides is 2. The minimum atomic E-state index is -2.84. The molecule has 0 fully saturated rings. The number of benzene rings is 1. The zero-order chi connectivity index (χ0) is 11.8. The fourth-order valence-corrected chi connectivity index (χ4v) is 1.82. The third-order valence-electron chi connectivity index (χ3n) is 2.77. The molecule has 0 atom stereocenters. The molecule has 2 N–H and O–H groups in total. The van der Waals surface area contributed by atoms with Crippen molar-refractivity contribution in [2.24, 2.45) is 12.8 Å². The summed E-state index contributed by atoms with van der Waals surface area (Å²) in [6.07, 6.45) is 1.54. The van der Waals surface area contributed by atoms with Crippen LogP contribution in [0.25, 0.3) is 10.9 Å². The first kappa shape index (κ1) is 11.1. The highest BCUT2D eigenvalue weighted by Gasteiger charge is 2.30. The smallest absolute Gasteiger partial charge is 0.274 e. The lowest BCUT2D eigenvalue weighted by molar-refractivity contribution is -0.0106. The predicted octanol–water partition coefficient (Wildman–Crippen LogP) is 2.62. The van der Waals surface area contributed by atoms with E-state index in [1.54, 1.807) is 6.07 Å². The van der Waals surface area contributed by atoms with E-state index in [1.807, 2.05) is 23.9 Å². The Morgan fingerprint density at radius 1 is 1.31 bits per heavy atom. The Morgan fingerprint density at radius 3 is 2.75 bits per heavy atom. The van der Waals surface area contributed by atoms with Crippen LogP contribution in [0.1, 0.15) is 12.0 Å². The van der Waals surface area contributed by atoms with Gasteiger partial charge in [-0.05, 0) is 24.1 Å². The predicted molar refractivity (Wildman–Crippen MR) is 60.5 cm³/mol. The standard InChI is InChI=1S/C12H14F2N2/c1-16-7-4-9-2-3-10(8-11(9)16)12(13,14)5-6-15/h2-4,7-8H,5-6,15H2,1H3. The van der Waals surface area contributed by atoms with Crippen LogP contribution in [0.2, 0.25) is 0 Å². The van der Waals surface area contributed by atoms with Crippen molar-refractivity contribution in [3.63, 3.8) is 0 Å². The van der Waals surface area contributed by atoms with E-state index in [-0.39, 0.29) is 18.5 Å². The van der Waals surface area contributed by atoms with Gasteiger partial charge in [-0.3, -0.25) is 0 Å². The Labute approximate surface area is 92.7 Å². The molecular formula is C12H14F2N2. The molecular weight excluding hydrogens is 210 g/mol. The lowest BCUT2D eigenvalue weighted by Crippen LogP contribution is -2.18. The number of hydrogen-bond acceptors (Lipinski definition) is 1. The monoisotopic (exact) mass is 224 g/mol. The quantitative estimate of drug-likeness (QED) is 0.853. The van der Waals surface area contributed by atoms with Gasteiger partial charge in [0, 0.05) is 30.7 Å². The summed E-state index contributed by atoms with van der Waals surface area (Å²) in [4.78, 5) is 0. The van der Waals surface area contributed by atoms with Gasteiger partial charge >= 0.3 is 0 Å². The zero-order valence-electron chi connectivity index (χ0n) is 9.08. The van der Waals surface area contributed by atoms with Crippen LogP contribution >= 0.6 is 0 Å². The SMILES string of the molecule is Cn1ccc2ccc(C(F)(F)CCN)cc21. The fourth-order valence-electron chi connectivity index (χ4n) is 1.82. The van der Waals surface area contributed by atoms with E-state index < -0.39 is 5.92 Å². The third kappa shape index (κ3) is 1.80. The Balaban J connectivity index is 2.49. The van der Waals surface area contributed by atoms with Crippen LogP contribution in [-0.4, -0.2) is 11.1 Å². The van der Waals surface area contributed by atoms with Crippen molar-refractivity contribution < 1.29 is 8.78 Å². The lowest BCUT2D eigenvalue weighted by Gasteiger charge is -2.15. The van der Waals surface area contributed by atoms with E-state index in [0.29, 0.717) is 0 Å². The molecule has 16 heavy (non-hydrogen) atoms. The molecule has 0 saturated carbocycles. The van der Waals surface area contributed by atoms with Crippen LogP contribution in [0.5, 0.6) is 0 Å². The van der Waals surface area contributed by atoms with Gasteiger partial charge in [-0.15, -0.1) is 0 Å². The number of aromatic nitrogens is 1. The molecule has 2 nitrogen and oxygen atoms in total. The van der Waals surface area contributed by atoms with Gasteiger partial charge in [-0.25, -0.2) is 8.78 Å². The highest BCUT2D eigenvalue weighted by atomic mass is 19.3. The number of nitrogens with zero attached hydrogens (tertiary/aromatic N) is 1. The molecule has 0 aliphatic rings. The highest BCUT2D eigenvalue weighted by Crippen LogP contribution is 2.32. The lowest BCUT2D eigenvalue weighted by atomic mass is 10.0. The molecule has 1 heterocycles. The van der Waals surface area contributed by atoms with Gasteiger partial charge in [-0.1, -0.05) is 12.1 Å². The van der Waals surface area contributed by atoms with Crippen molar-refractivity contribution >= 4 is 10.9 Å². The van der Waals surface area contributed by atoms with E-state index in [4.69, 9.17) is 5.73 Å². The summed E-state index contributed by atoms with van der Waals surface area (Å²) in [5.74, 6) is -2.84. The first-order valence-corrected chi connectivity index (χ1v) is 5.18. The first-order valence-electron chi connectivity index (χ1n) is 5.18. The molecule has 86 valence electrons. The van der Waals surface area contributed by atoms with Crippen LogP contribution in [0, 0.1) is 0 Å². The fraction of sp³-hybridized carbons (Fsp3) is 0.333. The number of aryl methyl sites for hydroxylation is 1. The molecule has 4 heteroatoms. The zero-order valence-corrected chi connectivity index (χ0v) is 9.08. The van der Waals surface area contributed by atoms with E-state index in [1.165, 1.54) is 12.1 Å². The second-order valence-corrected chi connectivity index (χ2v) is 3.94. The van der Waals surface area contributed by atoms with Gasteiger partial charge in [0.2, 0.25) is 0 Å². The van der Waals surface area contributed by atoms with E-state index >= 15 is 0 Å². The molecule has 0 unspecified atom stereocenters. The number of hydrogen-bond donors (Lipinski definition) is 1. The van der Waals surface area contributed by atoms with Gasteiger partial charge in [0.25, 0.3) is 5.92 Å². The van der Waals surface area contributed by atoms with Gasteiger partial charge < -0.3 is 10.3 Å². The summed E-state index contributed by atoms with van der Waals surface area (Å²) in [7, 11) is 1.84. The maximum atomic E-state index is 13.6. The summed E-state index contributed by atoms with van der Waals surface area (Å²) >= 11 is 0. The van der Waals surface area contributed by atoms with E-state index in [9.17, 15) is 8.78 Å². The highest BCUT2D eigenvalue weighted by molar-refractivity contribution is 5.80. The van der Waals surface area contributed by atoms with Gasteiger partial charge in [-0.2, -0.15) is 0 Å². The summed E-state index contributed by atoms with van der Waals surface area (Å²) in [5.41, 5.74) is 6.04. The molecule has 0 saturated heterocycles. The summed E-state index contributed by atoms with van der Waals surface area (Å²) in [6.45, 7) is -0.0157. The minimum absolute atomic E-state index is 0.0157. The van der Waals surface area contributed by atoms with Crippen LogP contribution in [0.3, 0.4) is 0 Å². The van der Waals surface area contributed by atoms with E-state index in [2.05, 4.69) is 0 Å². The Hall–Kier alpha value is -1.42. The van der Waals surface area contributed by atoms with Crippen molar-refractivity contribution in [3.8, 4) is 0 Å². The largest absolute Gasteiger partial charge is 0.351 e. The van der Waals surface area contributed by atoms with Gasteiger partial charge in [0.1, 0.15) is 0 Å².